The third kappa shape index (κ3) is 3.61. The molecule has 0 saturated carbocycles. The van der Waals surface area contributed by atoms with Crippen LogP contribution in [0.5, 0.6) is 5.75 Å². The van der Waals surface area contributed by atoms with Crippen molar-refractivity contribution in [2.75, 3.05) is 19.0 Å². The molecule has 3 nitrogen and oxygen atoms in total. The molecule has 1 aromatic rings. The maximum absolute atomic E-state index is 6.03. The smallest absolute Gasteiger partial charge is 0.161 e. The first kappa shape index (κ1) is 15.5. The summed E-state index contributed by atoms with van der Waals surface area (Å²) in [4.78, 5) is 4.60. The van der Waals surface area contributed by atoms with Crippen LogP contribution >= 0.6 is 23.4 Å². The largest absolute Gasteiger partial charge is 0.495 e. The van der Waals surface area contributed by atoms with Crippen LogP contribution in [0.2, 0.25) is 5.02 Å². The standard InChI is InChI=1S/C15H21ClN2OS/c1-4-10(5-2)14-9-17-15(20-14)18-11-6-7-12(16)13(8-11)19-3/h6-8,10,14H,4-5,9H2,1-3H3,(H,17,18). The number of benzene rings is 1. The molecule has 0 fully saturated rings. The number of aliphatic imine (C=N–C) groups is 1. The zero-order valence-electron chi connectivity index (χ0n) is 12.1. The molecule has 0 aromatic heterocycles. The van der Waals surface area contributed by atoms with Crippen molar-refractivity contribution in [1.29, 1.82) is 0 Å². The van der Waals surface area contributed by atoms with Crippen LogP contribution in [0.4, 0.5) is 5.69 Å². The fourth-order valence-corrected chi connectivity index (χ4v) is 3.91. The maximum Gasteiger partial charge on any atom is 0.161 e. The molecule has 1 aliphatic rings. The minimum absolute atomic E-state index is 0.599. The van der Waals surface area contributed by atoms with Crippen LogP contribution in [-0.2, 0) is 0 Å². The highest BCUT2D eigenvalue weighted by Gasteiger charge is 2.25. The highest BCUT2D eigenvalue weighted by atomic mass is 35.5. The van der Waals surface area contributed by atoms with Crippen LogP contribution in [0.3, 0.4) is 0 Å². The van der Waals surface area contributed by atoms with E-state index >= 15 is 0 Å². The van der Waals surface area contributed by atoms with Crippen LogP contribution in [0.15, 0.2) is 23.2 Å². The molecular weight excluding hydrogens is 292 g/mol. The highest BCUT2D eigenvalue weighted by molar-refractivity contribution is 8.15. The lowest BCUT2D eigenvalue weighted by Crippen LogP contribution is -2.17. The van der Waals surface area contributed by atoms with E-state index in [0.717, 1.165) is 23.3 Å². The molecule has 1 aromatic carbocycles. The predicted molar refractivity (Wildman–Crippen MR) is 89.4 cm³/mol. The Balaban J connectivity index is 1.98. The average Bonchev–Trinajstić information content (AvgIpc) is 2.91. The lowest BCUT2D eigenvalue weighted by molar-refractivity contribution is 0.415. The number of halogens is 1. The fourth-order valence-electron chi connectivity index (χ4n) is 2.38. The van der Waals surface area contributed by atoms with E-state index in [1.165, 1.54) is 12.8 Å². The van der Waals surface area contributed by atoms with E-state index in [1.807, 2.05) is 30.0 Å². The molecule has 1 unspecified atom stereocenters. The fraction of sp³-hybridized carbons (Fsp3) is 0.533. The molecule has 5 heteroatoms. The number of nitrogens with zero attached hydrogens (tertiary/aromatic N) is 1. The first-order valence-corrected chi connectivity index (χ1v) is 8.25. The summed E-state index contributed by atoms with van der Waals surface area (Å²) in [5.41, 5.74) is 0.961. The number of anilines is 1. The van der Waals surface area contributed by atoms with Crippen LogP contribution in [0.25, 0.3) is 0 Å². The number of ether oxygens (including phenoxy) is 1. The van der Waals surface area contributed by atoms with Gasteiger partial charge in [-0.05, 0) is 18.1 Å². The van der Waals surface area contributed by atoms with Gasteiger partial charge in [-0.15, -0.1) is 0 Å². The number of hydrogen-bond donors (Lipinski definition) is 1. The molecule has 0 saturated heterocycles. The highest BCUT2D eigenvalue weighted by Crippen LogP contribution is 2.33. The first-order chi connectivity index (χ1) is 9.67. The molecular formula is C15H21ClN2OS. The van der Waals surface area contributed by atoms with Crippen LogP contribution in [0, 0.1) is 5.92 Å². The van der Waals surface area contributed by atoms with Crippen LogP contribution in [-0.4, -0.2) is 24.1 Å². The molecule has 0 radical (unpaired) electrons. The van der Waals surface area contributed by atoms with E-state index in [-0.39, 0.29) is 0 Å². The summed E-state index contributed by atoms with van der Waals surface area (Å²) in [7, 11) is 1.62. The van der Waals surface area contributed by atoms with E-state index in [9.17, 15) is 0 Å². The number of nitrogens with one attached hydrogen (secondary N) is 1. The molecule has 2 rings (SSSR count). The summed E-state index contributed by atoms with van der Waals surface area (Å²) in [6.45, 7) is 5.42. The molecule has 0 amide bonds. The summed E-state index contributed by atoms with van der Waals surface area (Å²) in [6.07, 6.45) is 2.43. The molecule has 0 bridgehead atoms. The van der Waals surface area contributed by atoms with E-state index < -0.39 is 0 Å². The lowest BCUT2D eigenvalue weighted by Gasteiger charge is -2.18. The Hall–Kier alpha value is -0.870. The summed E-state index contributed by atoms with van der Waals surface area (Å²) in [5.74, 6) is 1.42. The van der Waals surface area contributed by atoms with Gasteiger partial charge in [-0.25, -0.2) is 0 Å². The van der Waals surface area contributed by atoms with E-state index in [0.29, 0.717) is 16.0 Å². The van der Waals surface area contributed by atoms with Crippen molar-refractivity contribution in [2.45, 2.75) is 31.9 Å². The predicted octanol–water partition coefficient (Wildman–Crippen LogP) is 4.67. The van der Waals surface area contributed by atoms with Gasteiger partial charge in [-0.3, -0.25) is 4.99 Å². The molecule has 110 valence electrons. The molecule has 0 spiro atoms. The van der Waals surface area contributed by atoms with Gasteiger partial charge in [0, 0.05) is 17.0 Å². The SMILES string of the molecule is CCC(CC)C1CN=C(Nc2ccc(Cl)c(OC)c2)S1. The van der Waals surface area contributed by atoms with E-state index in [2.05, 4.69) is 24.2 Å². The third-order valence-corrected chi connectivity index (χ3v) is 5.26. The second kappa shape index (κ2) is 7.23. The van der Waals surface area contributed by atoms with Crippen molar-refractivity contribution in [3.63, 3.8) is 0 Å². The number of rotatable bonds is 5. The first-order valence-electron chi connectivity index (χ1n) is 6.99. The Morgan fingerprint density at radius 2 is 2.20 bits per heavy atom. The van der Waals surface area contributed by atoms with Crippen molar-refractivity contribution in [2.24, 2.45) is 10.9 Å². The number of hydrogen-bond acceptors (Lipinski definition) is 4. The van der Waals surface area contributed by atoms with Crippen molar-refractivity contribution in [1.82, 2.24) is 0 Å². The monoisotopic (exact) mass is 312 g/mol. The van der Waals surface area contributed by atoms with Gasteiger partial charge in [0.05, 0.1) is 18.7 Å². The Labute approximate surface area is 130 Å². The second-order valence-corrected chi connectivity index (χ2v) is 6.49. The van der Waals surface area contributed by atoms with Gasteiger partial charge in [0.1, 0.15) is 5.75 Å². The van der Waals surface area contributed by atoms with Crippen molar-refractivity contribution < 1.29 is 4.74 Å². The third-order valence-electron chi connectivity index (χ3n) is 3.65. The van der Waals surface area contributed by atoms with Gasteiger partial charge in [0.25, 0.3) is 0 Å². The summed E-state index contributed by atoms with van der Waals surface area (Å²) >= 11 is 7.87. The van der Waals surface area contributed by atoms with E-state index in [4.69, 9.17) is 16.3 Å². The molecule has 1 heterocycles. The zero-order valence-corrected chi connectivity index (χ0v) is 13.7. The normalized spacial score (nSPS) is 18.2. The van der Waals surface area contributed by atoms with Gasteiger partial charge < -0.3 is 10.1 Å². The Morgan fingerprint density at radius 1 is 1.45 bits per heavy atom. The van der Waals surface area contributed by atoms with Gasteiger partial charge in [0.15, 0.2) is 5.17 Å². The number of methoxy groups -OCH3 is 1. The molecule has 20 heavy (non-hydrogen) atoms. The molecule has 0 aliphatic carbocycles. The summed E-state index contributed by atoms with van der Waals surface area (Å²) < 4.78 is 5.23. The van der Waals surface area contributed by atoms with Gasteiger partial charge in [-0.2, -0.15) is 0 Å². The van der Waals surface area contributed by atoms with Crippen molar-refractivity contribution in [3.8, 4) is 5.75 Å². The maximum atomic E-state index is 6.03. The minimum Gasteiger partial charge on any atom is -0.495 e. The molecule has 1 aliphatic heterocycles. The van der Waals surface area contributed by atoms with Crippen molar-refractivity contribution in [3.05, 3.63) is 23.2 Å². The topological polar surface area (TPSA) is 33.6 Å². The number of thioether (sulfide) groups is 1. The second-order valence-electron chi connectivity index (χ2n) is 4.85. The van der Waals surface area contributed by atoms with Crippen LogP contribution in [0.1, 0.15) is 26.7 Å². The zero-order chi connectivity index (χ0) is 14.5. The van der Waals surface area contributed by atoms with Gasteiger partial charge in [-0.1, -0.05) is 50.1 Å². The average molecular weight is 313 g/mol. The summed E-state index contributed by atoms with van der Waals surface area (Å²) in [6, 6.07) is 5.68. The Kier molecular flexibility index (Phi) is 5.61. The number of amidine groups is 1. The Bertz CT molecular complexity index is 489. The van der Waals surface area contributed by atoms with E-state index in [1.54, 1.807) is 7.11 Å². The summed E-state index contributed by atoms with van der Waals surface area (Å²) in [5, 5.41) is 5.56. The molecule has 1 N–H and O–H groups in total. The lowest BCUT2D eigenvalue weighted by atomic mass is 9.99. The minimum atomic E-state index is 0.599. The molecule has 1 atom stereocenters. The van der Waals surface area contributed by atoms with Crippen LogP contribution < -0.4 is 10.1 Å². The van der Waals surface area contributed by atoms with Crippen molar-refractivity contribution >= 4 is 34.2 Å². The van der Waals surface area contributed by atoms with Gasteiger partial charge >= 0.3 is 0 Å². The Morgan fingerprint density at radius 3 is 2.85 bits per heavy atom. The van der Waals surface area contributed by atoms with Gasteiger partial charge in [0.2, 0.25) is 0 Å². The quantitative estimate of drug-likeness (QED) is 0.858.